The summed E-state index contributed by atoms with van der Waals surface area (Å²) in [6.07, 6.45) is 2.00. The molecule has 0 amide bonds. The Morgan fingerprint density at radius 3 is 1.56 bits per heavy atom. The molecule has 0 radical (unpaired) electrons. The summed E-state index contributed by atoms with van der Waals surface area (Å²) < 4.78 is 0. The van der Waals surface area contributed by atoms with Crippen LogP contribution in [0.2, 0.25) is 0 Å². The fourth-order valence-corrected chi connectivity index (χ4v) is 0.321. The van der Waals surface area contributed by atoms with Crippen LogP contribution in [-0.2, 0) is 0 Å². The van der Waals surface area contributed by atoms with Crippen molar-refractivity contribution >= 4 is 0 Å². The summed E-state index contributed by atoms with van der Waals surface area (Å²) in [5, 5.41) is 0. The predicted molar refractivity (Wildman–Crippen MR) is 37.7 cm³/mol. The molecule has 1 rings (SSSR count). The molecule has 0 unspecified atom stereocenters. The second-order valence-corrected chi connectivity index (χ2v) is 1.54. The van der Waals surface area contributed by atoms with Crippen molar-refractivity contribution in [2.45, 2.75) is 13.8 Å². The van der Waals surface area contributed by atoms with Crippen molar-refractivity contribution in [1.82, 2.24) is 0 Å². The van der Waals surface area contributed by atoms with E-state index in [2.05, 4.69) is 0 Å². The zero-order chi connectivity index (χ0) is 6.24. The molecule has 9 heavy (non-hydrogen) atoms. The van der Waals surface area contributed by atoms with Crippen LogP contribution in [-0.4, -0.2) is 0 Å². The molecule has 0 aliphatic carbocycles. The Morgan fingerprint density at radius 1 is 1.11 bits per heavy atom. The smallest absolute Gasteiger partial charge is 0.335 e. The molecule has 1 aromatic rings. The third-order valence-electron chi connectivity index (χ3n) is 0.556. The average Bonchev–Trinajstić information content (AvgIpc) is 2.17. The van der Waals surface area contributed by atoms with Gasteiger partial charge in [-0.05, 0) is 0 Å². The van der Waals surface area contributed by atoms with E-state index in [4.69, 9.17) is 0 Å². The second kappa shape index (κ2) is 11.4. The quantitative estimate of drug-likeness (QED) is 0.618. The Morgan fingerprint density at radius 2 is 1.44 bits per heavy atom. The molecule has 1 heteroatoms. The molecule has 0 spiro atoms. The van der Waals surface area contributed by atoms with Crippen LogP contribution in [0.25, 0.3) is 0 Å². The van der Waals surface area contributed by atoms with Crippen molar-refractivity contribution in [3.63, 3.8) is 0 Å². The molecular formula is C8H12La+. The summed E-state index contributed by atoms with van der Waals surface area (Å²) in [4.78, 5) is 0. The first-order valence-corrected chi connectivity index (χ1v) is 2.82. The van der Waals surface area contributed by atoms with E-state index in [1.165, 1.54) is 0 Å². The normalized spacial score (nSPS) is 6.44. The molecule has 1 aromatic carbocycles. The molecule has 0 fully saturated rings. The van der Waals surface area contributed by atoms with E-state index in [0.29, 0.717) is 0 Å². The van der Waals surface area contributed by atoms with E-state index in [1.54, 1.807) is 0 Å². The van der Waals surface area contributed by atoms with Crippen LogP contribution in [0.5, 0.6) is 0 Å². The molecule has 0 N–H and O–H groups in total. The van der Waals surface area contributed by atoms with Gasteiger partial charge in [0, 0.05) is 0 Å². The zero-order valence-corrected chi connectivity index (χ0v) is 9.67. The molecule has 0 atom stereocenters. The van der Waals surface area contributed by atoms with Gasteiger partial charge in [-0.25, -0.2) is 12.1 Å². The summed E-state index contributed by atoms with van der Waals surface area (Å²) in [6.45, 7) is 4.00. The number of rotatable bonds is 0. The van der Waals surface area contributed by atoms with Gasteiger partial charge < -0.3 is 6.42 Å². The summed E-state index contributed by atoms with van der Waals surface area (Å²) in [5.41, 5.74) is 0. The third-order valence-corrected chi connectivity index (χ3v) is 0.556. The van der Waals surface area contributed by atoms with Gasteiger partial charge in [0.25, 0.3) is 0 Å². The molecule has 0 heterocycles. The number of hydrogen-bond acceptors (Lipinski definition) is 0. The van der Waals surface area contributed by atoms with E-state index < -0.39 is 0 Å². The topological polar surface area (TPSA) is 0 Å². The molecule has 0 aliphatic rings. The van der Waals surface area contributed by atoms with Gasteiger partial charge in [-0.15, -0.1) is 0 Å². The second-order valence-electron chi connectivity index (χ2n) is 1.54. The van der Waals surface area contributed by atoms with Crippen molar-refractivity contribution in [1.29, 1.82) is 0 Å². The average molecular weight is 247 g/mol. The largest absolute Gasteiger partial charge is 3.00 e. The molecule has 0 aromatic heterocycles. The Labute approximate surface area is 85.6 Å². The van der Waals surface area contributed by atoms with Gasteiger partial charge in [-0.1, -0.05) is 0 Å². The van der Waals surface area contributed by atoms with Gasteiger partial charge in [-0.2, -0.15) is 32.0 Å². The molecule has 0 nitrogen and oxygen atoms in total. The van der Waals surface area contributed by atoms with Crippen molar-refractivity contribution in [2.75, 3.05) is 0 Å². The minimum Gasteiger partial charge on any atom is -0.335 e. The van der Waals surface area contributed by atoms with Gasteiger partial charge in [0.05, 0.1) is 0 Å². The molecule has 46 valence electrons. The van der Waals surface area contributed by atoms with Crippen LogP contribution in [0.1, 0.15) is 13.8 Å². The maximum absolute atomic E-state index is 2.00. The van der Waals surface area contributed by atoms with Crippen molar-refractivity contribution < 1.29 is 35.6 Å². The summed E-state index contributed by atoms with van der Waals surface area (Å²) >= 11 is 0. The molecule has 0 bridgehead atoms. The van der Waals surface area contributed by atoms with E-state index >= 15 is 0 Å². The first-order valence-electron chi connectivity index (χ1n) is 2.82. The monoisotopic (exact) mass is 247 g/mol. The minimum absolute atomic E-state index is 0. The fraction of sp³-hybridized carbons (Fsp3) is 0.250. The van der Waals surface area contributed by atoms with Crippen molar-refractivity contribution in [2.24, 2.45) is 0 Å². The maximum atomic E-state index is 2.00. The fourth-order valence-electron chi connectivity index (χ4n) is 0.321. The van der Waals surface area contributed by atoms with Gasteiger partial charge in [0.1, 0.15) is 0 Å². The Kier molecular flexibility index (Phi) is 15.4. The van der Waals surface area contributed by atoms with Crippen LogP contribution >= 0.6 is 0 Å². The maximum Gasteiger partial charge on any atom is 3.00 e. The Hall–Kier alpha value is 0.545. The predicted octanol–water partition coefficient (Wildman–Crippen LogP) is 2.64. The van der Waals surface area contributed by atoms with Crippen LogP contribution in [0.4, 0.5) is 0 Å². The van der Waals surface area contributed by atoms with Crippen LogP contribution in [0, 0.1) is 42.0 Å². The first kappa shape index (κ1) is 12.2. The van der Waals surface area contributed by atoms with Crippen molar-refractivity contribution in [3.8, 4) is 0 Å². The minimum atomic E-state index is 0. The van der Waals surface area contributed by atoms with E-state index in [1.807, 2.05) is 50.6 Å². The molecule has 0 saturated heterocycles. The SMILES string of the molecule is C[CH-]C.[La+3].c1cc[cH-]c1. The van der Waals surface area contributed by atoms with Crippen molar-refractivity contribution in [3.05, 3.63) is 36.8 Å². The summed E-state index contributed by atoms with van der Waals surface area (Å²) in [6, 6.07) is 10.0. The molecule has 0 saturated carbocycles. The van der Waals surface area contributed by atoms with E-state index in [0.717, 1.165) is 0 Å². The van der Waals surface area contributed by atoms with Gasteiger partial charge >= 0.3 is 35.6 Å². The standard InChI is InChI=1S/C5H5.C3H7.La/c1-2-4-5-3-1;1-3-2;/h1-5H;3H,1-2H3;/q2*-1;+3. The van der Waals surface area contributed by atoms with Gasteiger partial charge in [0.2, 0.25) is 0 Å². The van der Waals surface area contributed by atoms with Gasteiger partial charge in [0.15, 0.2) is 0 Å². The van der Waals surface area contributed by atoms with Crippen LogP contribution in [0.15, 0.2) is 30.3 Å². The Bertz CT molecular complexity index is 71.5. The van der Waals surface area contributed by atoms with Crippen LogP contribution in [0.3, 0.4) is 0 Å². The Balaban J connectivity index is 0. The van der Waals surface area contributed by atoms with Crippen LogP contribution < -0.4 is 0 Å². The van der Waals surface area contributed by atoms with E-state index in [9.17, 15) is 0 Å². The van der Waals surface area contributed by atoms with E-state index in [-0.39, 0.29) is 35.6 Å². The van der Waals surface area contributed by atoms with Gasteiger partial charge in [-0.3, -0.25) is 0 Å². The summed E-state index contributed by atoms with van der Waals surface area (Å²) in [7, 11) is 0. The molecular weight excluding hydrogens is 235 g/mol. The molecule has 0 aliphatic heterocycles. The zero-order valence-electron chi connectivity index (χ0n) is 6.04. The third kappa shape index (κ3) is 11.9. The summed E-state index contributed by atoms with van der Waals surface area (Å²) in [5.74, 6) is 0. The number of hydrogen-bond donors (Lipinski definition) is 0. The first-order chi connectivity index (χ1) is 3.91.